The molecule has 0 radical (unpaired) electrons. The summed E-state index contributed by atoms with van der Waals surface area (Å²) in [6, 6.07) is 19.9. The van der Waals surface area contributed by atoms with Gasteiger partial charge in [0.1, 0.15) is 11.9 Å². The molecular weight excluding hydrogens is 410 g/mol. The van der Waals surface area contributed by atoms with E-state index in [4.69, 9.17) is 0 Å². The van der Waals surface area contributed by atoms with Gasteiger partial charge in [0.15, 0.2) is 0 Å². The lowest BCUT2D eigenvalue weighted by atomic mass is 10.0. The van der Waals surface area contributed by atoms with E-state index in [2.05, 4.69) is 104 Å². The lowest BCUT2D eigenvalue weighted by molar-refractivity contribution is 0.550. The number of quaternary nitrogens is 1. The maximum absolute atomic E-state index is 4.27. The van der Waals surface area contributed by atoms with Crippen LogP contribution in [0, 0.1) is 0 Å². The van der Waals surface area contributed by atoms with Gasteiger partial charge in [-0.1, -0.05) is 49.9 Å². The molecule has 166 valence electrons. The molecule has 2 N–H and O–H groups in total. The van der Waals surface area contributed by atoms with Crippen LogP contribution in [-0.2, 0) is 19.5 Å². The van der Waals surface area contributed by atoms with Crippen LogP contribution in [-0.4, -0.2) is 20.6 Å². The number of thiophene rings is 1. The van der Waals surface area contributed by atoms with Crippen LogP contribution < -0.4 is 15.1 Å². The Hall–Kier alpha value is -2.66. The van der Waals surface area contributed by atoms with Gasteiger partial charge in [0.2, 0.25) is 0 Å². The number of nitrogens with zero attached hydrogens (tertiary/aromatic N) is 1. The normalized spacial score (nSPS) is 14.2. The molecule has 3 aromatic rings. The maximum atomic E-state index is 4.27. The highest BCUT2D eigenvalue weighted by Crippen LogP contribution is 2.40. The summed E-state index contributed by atoms with van der Waals surface area (Å²) in [5.41, 5.74) is 9.04. The first-order chi connectivity index (χ1) is 15.5. The van der Waals surface area contributed by atoms with Gasteiger partial charge >= 0.3 is 0 Å². The highest BCUT2D eigenvalue weighted by Gasteiger charge is 2.30. The minimum Gasteiger partial charge on any atom is -0.385 e. The van der Waals surface area contributed by atoms with Crippen molar-refractivity contribution in [1.82, 2.24) is 15.1 Å². The molecule has 0 fully saturated rings. The highest BCUT2D eigenvalue weighted by molar-refractivity contribution is 7.09. The molecule has 0 aliphatic carbocycles. The number of hydrogen-bond acceptors (Lipinski definition) is 3. The van der Waals surface area contributed by atoms with E-state index in [1.165, 1.54) is 32.8 Å². The van der Waals surface area contributed by atoms with Crippen LogP contribution in [0.4, 0.5) is 5.69 Å². The predicted octanol–water partition coefficient (Wildman–Crippen LogP) is 6.17. The number of hydrogen-bond donors (Lipinski definition) is 2. The van der Waals surface area contributed by atoms with Gasteiger partial charge in [-0.25, -0.2) is 0 Å². The molecule has 1 aliphatic heterocycles. The fourth-order valence-corrected chi connectivity index (χ4v) is 4.98. The topological polar surface area (TPSA) is 24.1 Å². The lowest BCUT2D eigenvalue weighted by Gasteiger charge is -2.21. The molecule has 0 spiro atoms. The van der Waals surface area contributed by atoms with Crippen LogP contribution in [0.3, 0.4) is 0 Å². The predicted molar refractivity (Wildman–Crippen MR) is 140 cm³/mol. The van der Waals surface area contributed by atoms with E-state index >= 15 is 0 Å². The number of aryl methyl sites for hydroxylation is 1. The van der Waals surface area contributed by atoms with Crippen molar-refractivity contribution in [3.8, 4) is 0 Å². The van der Waals surface area contributed by atoms with Crippen LogP contribution in [0.2, 0.25) is 0 Å². The van der Waals surface area contributed by atoms with E-state index in [0.717, 1.165) is 48.2 Å². The Labute approximate surface area is 196 Å². The number of fused-ring (bicyclic) bond motifs is 1. The molecule has 1 aliphatic rings. The molecule has 4 heteroatoms. The summed E-state index contributed by atoms with van der Waals surface area (Å²) >= 11 is 1.79. The monoisotopic (exact) mass is 444 g/mol. The Balaban J connectivity index is 1.29. The minimum atomic E-state index is 0.817. The molecule has 0 saturated heterocycles. The summed E-state index contributed by atoms with van der Waals surface area (Å²) in [5, 5.41) is 9.16. The van der Waals surface area contributed by atoms with Gasteiger partial charge in [-0.2, -0.15) is 0 Å². The Bertz CT molecular complexity index is 1090. The van der Waals surface area contributed by atoms with Crippen molar-refractivity contribution in [3.63, 3.8) is 0 Å². The average molecular weight is 445 g/mol. The third kappa shape index (κ3) is 5.21. The largest absolute Gasteiger partial charge is 0.385 e. The van der Waals surface area contributed by atoms with E-state index in [1.54, 1.807) is 11.3 Å². The SMILES string of the molecule is C=C(NCCC1=C[N+](C)(C)c2ccc(CC)cc21)c1ccc(CNCc2cccs2)cc1. The molecule has 0 saturated carbocycles. The van der Waals surface area contributed by atoms with Crippen molar-refractivity contribution >= 4 is 28.3 Å². The number of nitrogens with one attached hydrogen (secondary N) is 2. The van der Waals surface area contributed by atoms with E-state index < -0.39 is 0 Å². The zero-order valence-electron chi connectivity index (χ0n) is 19.4. The molecule has 4 rings (SSSR count). The van der Waals surface area contributed by atoms with Crippen molar-refractivity contribution in [2.75, 3.05) is 20.6 Å². The molecule has 0 atom stereocenters. The Morgan fingerprint density at radius 1 is 1.00 bits per heavy atom. The number of rotatable bonds is 10. The van der Waals surface area contributed by atoms with Crippen LogP contribution in [0.5, 0.6) is 0 Å². The molecule has 2 heterocycles. The highest BCUT2D eigenvalue weighted by atomic mass is 32.1. The van der Waals surface area contributed by atoms with Crippen LogP contribution in [0.1, 0.15) is 40.5 Å². The summed E-state index contributed by atoms with van der Waals surface area (Å²) in [6.07, 6.45) is 4.45. The van der Waals surface area contributed by atoms with E-state index in [0.29, 0.717) is 0 Å². The van der Waals surface area contributed by atoms with Crippen molar-refractivity contribution in [2.45, 2.75) is 32.9 Å². The summed E-state index contributed by atoms with van der Waals surface area (Å²) in [5.74, 6) is 0. The van der Waals surface area contributed by atoms with Crippen molar-refractivity contribution in [2.24, 2.45) is 0 Å². The van der Waals surface area contributed by atoms with Gasteiger partial charge in [-0.05, 0) is 47.0 Å². The smallest absolute Gasteiger partial charge is 0.144 e. The summed E-state index contributed by atoms with van der Waals surface area (Å²) in [4.78, 5) is 1.37. The molecule has 3 nitrogen and oxygen atoms in total. The number of benzene rings is 2. The Morgan fingerprint density at radius 3 is 2.50 bits per heavy atom. The van der Waals surface area contributed by atoms with E-state index in [9.17, 15) is 0 Å². The zero-order valence-corrected chi connectivity index (χ0v) is 20.3. The molecule has 0 bridgehead atoms. The standard InChI is InChI=1S/C28H34N3S/c1-5-22-10-13-28-27(17-22)25(20-31(28,3)4)14-15-30-21(2)24-11-8-23(9-12-24)18-29-19-26-7-6-16-32-26/h6-13,16-17,20,29-30H,2,5,14-15,18-19H2,1,3-4H3/q+1. The van der Waals surface area contributed by atoms with Crippen LogP contribution >= 0.6 is 11.3 Å². The quantitative estimate of drug-likeness (QED) is 0.365. The first kappa shape index (κ1) is 22.5. The van der Waals surface area contributed by atoms with Gasteiger partial charge < -0.3 is 10.6 Å². The average Bonchev–Trinajstić information content (AvgIpc) is 3.40. The zero-order chi connectivity index (χ0) is 22.6. The lowest BCUT2D eigenvalue weighted by Crippen LogP contribution is -2.31. The minimum absolute atomic E-state index is 0.817. The first-order valence-electron chi connectivity index (χ1n) is 11.4. The van der Waals surface area contributed by atoms with E-state index in [1.807, 2.05) is 0 Å². The van der Waals surface area contributed by atoms with Crippen molar-refractivity contribution < 1.29 is 0 Å². The third-order valence-corrected chi connectivity index (χ3v) is 7.03. The van der Waals surface area contributed by atoms with Crippen LogP contribution in [0.25, 0.3) is 11.3 Å². The molecule has 2 aromatic carbocycles. The van der Waals surface area contributed by atoms with Gasteiger partial charge in [-0.3, -0.25) is 4.48 Å². The second-order valence-corrected chi connectivity index (χ2v) is 9.97. The maximum Gasteiger partial charge on any atom is 0.144 e. The molecular formula is C28H34N3S+. The third-order valence-electron chi connectivity index (χ3n) is 6.16. The summed E-state index contributed by atoms with van der Waals surface area (Å²) < 4.78 is 0.817. The van der Waals surface area contributed by atoms with Crippen molar-refractivity contribution in [3.05, 3.63) is 99.9 Å². The van der Waals surface area contributed by atoms with E-state index in [-0.39, 0.29) is 0 Å². The Kier molecular flexibility index (Phi) is 6.95. The van der Waals surface area contributed by atoms with Gasteiger partial charge in [0.25, 0.3) is 0 Å². The molecule has 0 amide bonds. The van der Waals surface area contributed by atoms with Crippen LogP contribution in [0.15, 0.2) is 72.8 Å². The first-order valence-corrected chi connectivity index (χ1v) is 12.3. The summed E-state index contributed by atoms with van der Waals surface area (Å²) in [7, 11) is 4.50. The summed E-state index contributed by atoms with van der Waals surface area (Å²) in [6.45, 7) is 9.16. The molecule has 0 unspecified atom stereocenters. The second-order valence-electron chi connectivity index (χ2n) is 8.93. The van der Waals surface area contributed by atoms with Gasteiger partial charge in [0, 0.05) is 47.4 Å². The Morgan fingerprint density at radius 2 is 1.78 bits per heavy atom. The fourth-order valence-electron chi connectivity index (χ4n) is 4.31. The second kappa shape index (κ2) is 9.86. The molecule has 32 heavy (non-hydrogen) atoms. The fraction of sp³-hybridized carbons (Fsp3) is 0.286. The van der Waals surface area contributed by atoms with Gasteiger partial charge in [0.05, 0.1) is 14.1 Å². The molecule has 1 aromatic heterocycles. The van der Waals surface area contributed by atoms with Gasteiger partial charge in [-0.15, -0.1) is 11.3 Å². The van der Waals surface area contributed by atoms with Crippen molar-refractivity contribution in [1.29, 1.82) is 0 Å².